The minimum absolute atomic E-state index is 0.172. The van der Waals surface area contributed by atoms with Crippen LogP contribution >= 0.6 is 8.58 Å². The van der Waals surface area contributed by atoms with Crippen LogP contribution in [-0.2, 0) is 0 Å². The molecule has 2 heteroatoms. The lowest BCUT2D eigenvalue weighted by atomic mass is 10.1. The van der Waals surface area contributed by atoms with Gasteiger partial charge in [0.15, 0.2) is 0 Å². The predicted octanol–water partition coefficient (Wildman–Crippen LogP) is 5.59. The van der Waals surface area contributed by atoms with Crippen molar-refractivity contribution in [3.05, 3.63) is 60.4 Å². The van der Waals surface area contributed by atoms with Crippen LogP contribution in [0.3, 0.4) is 0 Å². The van der Waals surface area contributed by atoms with E-state index >= 15 is 0 Å². The summed E-state index contributed by atoms with van der Waals surface area (Å²) in [4.78, 5) is 0. The molecule has 0 spiro atoms. The third-order valence-electron chi connectivity index (χ3n) is 2.74. The van der Waals surface area contributed by atoms with Crippen LogP contribution in [0.1, 0.15) is 19.8 Å². The quantitative estimate of drug-likeness (QED) is 0.504. The SMILES string of the molecule is CCCCPC.Fc1ccccc1-c1ccccc1. The molecule has 2 aromatic carbocycles. The van der Waals surface area contributed by atoms with Crippen molar-refractivity contribution in [1.29, 1.82) is 0 Å². The number of unbranched alkanes of at least 4 members (excludes halogenated alkanes) is 1. The lowest BCUT2D eigenvalue weighted by molar-refractivity contribution is 0.631. The summed E-state index contributed by atoms with van der Waals surface area (Å²) < 4.78 is 13.3. The largest absolute Gasteiger partial charge is 0.206 e. The van der Waals surface area contributed by atoms with Gasteiger partial charge in [0.1, 0.15) is 5.82 Å². The Morgan fingerprint density at radius 2 is 1.58 bits per heavy atom. The predicted molar refractivity (Wildman–Crippen MR) is 85.9 cm³/mol. The van der Waals surface area contributed by atoms with Gasteiger partial charge in [0, 0.05) is 5.56 Å². The van der Waals surface area contributed by atoms with E-state index in [1.54, 1.807) is 12.1 Å². The molecule has 1 unspecified atom stereocenters. The van der Waals surface area contributed by atoms with E-state index in [0.717, 1.165) is 14.1 Å². The van der Waals surface area contributed by atoms with Gasteiger partial charge in [-0.25, -0.2) is 4.39 Å². The van der Waals surface area contributed by atoms with Crippen LogP contribution in [0.15, 0.2) is 54.6 Å². The molecular formula is C17H22FP. The molecule has 0 aliphatic carbocycles. The molecule has 0 bridgehead atoms. The Hall–Kier alpha value is -1.20. The van der Waals surface area contributed by atoms with Crippen LogP contribution in [0.5, 0.6) is 0 Å². The molecule has 0 amide bonds. The standard InChI is InChI=1S/C12H9F.C5H13P/c13-12-9-5-4-8-11(12)10-6-2-1-3-7-10;1-3-4-5-6-2/h1-9H;6H,3-5H2,1-2H3. The molecule has 0 saturated carbocycles. The summed E-state index contributed by atoms with van der Waals surface area (Å²) in [6.07, 6.45) is 4.23. The highest BCUT2D eigenvalue weighted by Gasteiger charge is 2.01. The highest BCUT2D eigenvalue weighted by Crippen LogP contribution is 2.21. The van der Waals surface area contributed by atoms with E-state index in [9.17, 15) is 4.39 Å². The van der Waals surface area contributed by atoms with E-state index in [1.165, 1.54) is 25.1 Å². The molecule has 19 heavy (non-hydrogen) atoms. The van der Waals surface area contributed by atoms with Crippen LogP contribution in [0.4, 0.5) is 4.39 Å². The van der Waals surface area contributed by atoms with Crippen molar-refractivity contribution in [2.45, 2.75) is 19.8 Å². The zero-order valence-electron chi connectivity index (χ0n) is 11.7. The molecule has 0 fully saturated rings. The van der Waals surface area contributed by atoms with Crippen LogP contribution in [-0.4, -0.2) is 12.8 Å². The minimum Gasteiger partial charge on any atom is -0.206 e. The Morgan fingerprint density at radius 1 is 0.947 bits per heavy atom. The summed E-state index contributed by atoms with van der Waals surface area (Å²) >= 11 is 0. The molecule has 0 saturated heterocycles. The first-order valence-electron chi connectivity index (χ1n) is 6.74. The van der Waals surface area contributed by atoms with Crippen LogP contribution < -0.4 is 0 Å². The van der Waals surface area contributed by atoms with Gasteiger partial charge >= 0.3 is 0 Å². The number of benzene rings is 2. The maximum atomic E-state index is 13.3. The summed E-state index contributed by atoms with van der Waals surface area (Å²) in [5, 5.41) is 0. The average molecular weight is 276 g/mol. The summed E-state index contributed by atoms with van der Waals surface area (Å²) in [7, 11) is 1.16. The highest BCUT2D eigenvalue weighted by molar-refractivity contribution is 7.36. The second kappa shape index (κ2) is 9.69. The molecule has 0 N–H and O–H groups in total. The zero-order valence-corrected chi connectivity index (χ0v) is 12.7. The van der Waals surface area contributed by atoms with Gasteiger partial charge in [-0.1, -0.05) is 61.9 Å². The Kier molecular flexibility index (Phi) is 8.09. The Balaban J connectivity index is 0.000000258. The third-order valence-corrected chi connectivity index (χ3v) is 3.59. The Bertz CT molecular complexity index is 450. The van der Waals surface area contributed by atoms with E-state index in [2.05, 4.69) is 13.6 Å². The lowest BCUT2D eigenvalue weighted by Gasteiger charge is -2.01. The fraction of sp³-hybridized carbons (Fsp3) is 0.294. The molecule has 102 valence electrons. The van der Waals surface area contributed by atoms with Gasteiger partial charge in [-0.3, -0.25) is 0 Å². The summed E-state index contributed by atoms with van der Waals surface area (Å²) in [5.41, 5.74) is 1.57. The summed E-state index contributed by atoms with van der Waals surface area (Å²) in [5.74, 6) is -0.172. The van der Waals surface area contributed by atoms with E-state index in [4.69, 9.17) is 0 Å². The first kappa shape index (κ1) is 15.9. The molecular weight excluding hydrogens is 254 g/mol. The van der Waals surface area contributed by atoms with Gasteiger partial charge < -0.3 is 0 Å². The normalized spacial score (nSPS) is 10.3. The maximum Gasteiger partial charge on any atom is 0.131 e. The molecule has 2 aromatic rings. The van der Waals surface area contributed by atoms with Crippen molar-refractivity contribution < 1.29 is 4.39 Å². The zero-order chi connectivity index (χ0) is 13.9. The van der Waals surface area contributed by atoms with Crippen molar-refractivity contribution in [2.75, 3.05) is 12.8 Å². The van der Waals surface area contributed by atoms with Crippen molar-refractivity contribution in [3.8, 4) is 11.1 Å². The molecule has 0 radical (unpaired) electrons. The van der Waals surface area contributed by atoms with Gasteiger partial charge in [-0.2, -0.15) is 0 Å². The van der Waals surface area contributed by atoms with Crippen LogP contribution in [0, 0.1) is 5.82 Å². The smallest absolute Gasteiger partial charge is 0.131 e. The fourth-order valence-electron chi connectivity index (χ4n) is 1.67. The van der Waals surface area contributed by atoms with Gasteiger partial charge in [0.2, 0.25) is 0 Å². The second-order valence-corrected chi connectivity index (χ2v) is 5.51. The van der Waals surface area contributed by atoms with Crippen molar-refractivity contribution in [3.63, 3.8) is 0 Å². The van der Waals surface area contributed by atoms with Gasteiger partial charge in [-0.15, -0.1) is 8.58 Å². The Labute approximate surface area is 117 Å². The summed E-state index contributed by atoms with van der Waals surface area (Å²) in [6, 6.07) is 16.3. The molecule has 0 heterocycles. The molecule has 0 aromatic heterocycles. The first-order chi connectivity index (χ1) is 9.29. The van der Waals surface area contributed by atoms with Crippen molar-refractivity contribution in [1.82, 2.24) is 0 Å². The average Bonchev–Trinajstić information content (AvgIpc) is 2.47. The highest BCUT2D eigenvalue weighted by atomic mass is 31.1. The third kappa shape index (κ3) is 5.98. The summed E-state index contributed by atoms with van der Waals surface area (Å²) in [6.45, 7) is 4.50. The number of hydrogen-bond donors (Lipinski definition) is 0. The molecule has 1 atom stereocenters. The molecule has 0 aliphatic rings. The van der Waals surface area contributed by atoms with Crippen LogP contribution in [0.25, 0.3) is 11.1 Å². The number of hydrogen-bond acceptors (Lipinski definition) is 0. The topological polar surface area (TPSA) is 0 Å². The van der Waals surface area contributed by atoms with E-state index in [0.29, 0.717) is 5.56 Å². The first-order valence-corrected chi connectivity index (χ1v) is 8.44. The molecule has 0 aliphatic heterocycles. The van der Waals surface area contributed by atoms with Crippen molar-refractivity contribution >= 4 is 8.58 Å². The van der Waals surface area contributed by atoms with Gasteiger partial charge in [-0.05, 0) is 30.9 Å². The van der Waals surface area contributed by atoms with E-state index in [-0.39, 0.29) is 5.82 Å². The maximum absolute atomic E-state index is 13.3. The van der Waals surface area contributed by atoms with Crippen molar-refractivity contribution in [2.24, 2.45) is 0 Å². The fourth-order valence-corrected chi connectivity index (χ4v) is 2.37. The van der Waals surface area contributed by atoms with E-state index < -0.39 is 0 Å². The number of rotatable bonds is 4. The monoisotopic (exact) mass is 276 g/mol. The minimum atomic E-state index is -0.172. The lowest BCUT2D eigenvalue weighted by Crippen LogP contribution is -1.81. The second-order valence-electron chi connectivity index (χ2n) is 4.30. The molecule has 0 nitrogen and oxygen atoms in total. The number of halogens is 1. The molecule has 2 rings (SSSR count). The Morgan fingerprint density at radius 3 is 2.11 bits per heavy atom. The van der Waals surface area contributed by atoms with Gasteiger partial charge in [0.25, 0.3) is 0 Å². The van der Waals surface area contributed by atoms with Crippen LogP contribution in [0.2, 0.25) is 0 Å². The van der Waals surface area contributed by atoms with Gasteiger partial charge in [0.05, 0.1) is 0 Å². The van der Waals surface area contributed by atoms with E-state index in [1.807, 2.05) is 36.4 Å².